The summed E-state index contributed by atoms with van der Waals surface area (Å²) in [6.45, 7) is 13.2. The Kier molecular flexibility index (Phi) is 9.44. The SMILES string of the molecule is CC(C)(C)c1ccc(-c2cnc(-c3ccc(C[C@H](NC(=O)c4ccc(C(C)(C)C)s4)C(=O)N4CCC[C@H]4C(=O)O)cc3)nc2)cc1. The van der Waals surface area contributed by atoms with Gasteiger partial charge >= 0.3 is 5.97 Å². The van der Waals surface area contributed by atoms with Gasteiger partial charge in [-0.25, -0.2) is 14.8 Å². The van der Waals surface area contributed by atoms with Crippen molar-refractivity contribution < 1.29 is 19.5 Å². The van der Waals surface area contributed by atoms with E-state index in [4.69, 9.17) is 0 Å². The minimum absolute atomic E-state index is 0.0826. The van der Waals surface area contributed by atoms with Gasteiger partial charge in [0.25, 0.3) is 5.91 Å². The zero-order chi connectivity index (χ0) is 33.2. The third-order valence-corrected chi connectivity index (χ3v) is 9.89. The Morgan fingerprint density at radius 3 is 2.07 bits per heavy atom. The zero-order valence-corrected chi connectivity index (χ0v) is 28.1. The van der Waals surface area contributed by atoms with Gasteiger partial charge in [0.15, 0.2) is 5.82 Å². The van der Waals surface area contributed by atoms with E-state index in [9.17, 15) is 19.5 Å². The van der Waals surface area contributed by atoms with Gasteiger partial charge in [0.2, 0.25) is 5.91 Å². The number of nitrogens with zero attached hydrogens (tertiary/aromatic N) is 3. The molecule has 46 heavy (non-hydrogen) atoms. The van der Waals surface area contributed by atoms with Gasteiger partial charge in [-0.3, -0.25) is 9.59 Å². The predicted molar refractivity (Wildman–Crippen MR) is 182 cm³/mol. The van der Waals surface area contributed by atoms with Crippen LogP contribution in [0.3, 0.4) is 0 Å². The predicted octanol–water partition coefficient (Wildman–Crippen LogP) is 6.88. The van der Waals surface area contributed by atoms with E-state index in [0.29, 0.717) is 30.1 Å². The smallest absolute Gasteiger partial charge is 0.326 e. The summed E-state index contributed by atoms with van der Waals surface area (Å²) < 4.78 is 0. The molecule has 1 aliphatic rings. The Bertz CT molecular complexity index is 1700. The highest BCUT2D eigenvalue weighted by atomic mass is 32.1. The summed E-state index contributed by atoms with van der Waals surface area (Å²) in [6.07, 6.45) is 4.86. The Morgan fingerprint density at radius 1 is 0.870 bits per heavy atom. The molecule has 240 valence electrons. The van der Waals surface area contributed by atoms with Crippen LogP contribution in [0.4, 0.5) is 0 Å². The van der Waals surface area contributed by atoms with Gasteiger partial charge in [-0.05, 0) is 52.5 Å². The van der Waals surface area contributed by atoms with Crippen LogP contribution in [-0.2, 0) is 26.8 Å². The first-order chi connectivity index (χ1) is 21.7. The van der Waals surface area contributed by atoms with E-state index < -0.39 is 18.1 Å². The van der Waals surface area contributed by atoms with Crippen molar-refractivity contribution in [2.45, 2.75) is 83.7 Å². The van der Waals surface area contributed by atoms with Crippen molar-refractivity contribution in [3.8, 4) is 22.5 Å². The van der Waals surface area contributed by atoms with Gasteiger partial charge < -0.3 is 15.3 Å². The molecule has 2 aromatic carbocycles. The Morgan fingerprint density at radius 2 is 1.50 bits per heavy atom. The largest absolute Gasteiger partial charge is 0.480 e. The van der Waals surface area contributed by atoms with Crippen molar-refractivity contribution in [3.63, 3.8) is 0 Å². The van der Waals surface area contributed by atoms with Crippen LogP contribution in [0.25, 0.3) is 22.5 Å². The summed E-state index contributed by atoms with van der Waals surface area (Å²) in [5, 5.41) is 12.6. The monoisotopic (exact) mass is 638 g/mol. The molecule has 0 aliphatic carbocycles. The standard InChI is InChI=1S/C37H42N4O4S/c1-36(2,3)27-15-13-24(14-16-27)26-21-38-32(39-22-26)25-11-9-23(10-12-25)20-28(34(43)41-19-7-8-29(41)35(44)45)40-33(42)30-17-18-31(46-30)37(4,5)6/h9-18,21-22,28-29H,7-8,19-20H2,1-6H3,(H,40,42)(H,44,45)/t28-,29-/m0/s1. The number of carboxylic acids is 1. The topological polar surface area (TPSA) is 112 Å². The van der Waals surface area contributed by atoms with Gasteiger partial charge in [0.05, 0.1) is 4.88 Å². The number of nitrogens with one attached hydrogen (secondary N) is 1. The van der Waals surface area contributed by atoms with Crippen LogP contribution in [0.2, 0.25) is 0 Å². The first-order valence-electron chi connectivity index (χ1n) is 15.7. The molecule has 1 aliphatic heterocycles. The van der Waals surface area contributed by atoms with E-state index in [1.807, 2.05) is 42.7 Å². The van der Waals surface area contributed by atoms with Gasteiger partial charge in [-0.1, -0.05) is 90.1 Å². The number of hydrogen-bond acceptors (Lipinski definition) is 6. The number of likely N-dealkylation sites (tertiary alicyclic amines) is 1. The van der Waals surface area contributed by atoms with Crippen LogP contribution in [0.15, 0.2) is 73.1 Å². The van der Waals surface area contributed by atoms with E-state index in [1.54, 1.807) is 6.07 Å². The van der Waals surface area contributed by atoms with Crippen LogP contribution >= 0.6 is 11.3 Å². The number of aliphatic carboxylic acids is 1. The Balaban J connectivity index is 1.33. The summed E-state index contributed by atoms with van der Waals surface area (Å²) in [5.41, 5.74) is 4.87. The summed E-state index contributed by atoms with van der Waals surface area (Å²) >= 11 is 1.40. The third kappa shape index (κ3) is 7.53. The molecule has 0 radical (unpaired) electrons. The Labute approximate surface area is 274 Å². The molecule has 2 N–H and O–H groups in total. The van der Waals surface area contributed by atoms with E-state index in [1.165, 1.54) is 21.8 Å². The Hall–Kier alpha value is -4.37. The number of amides is 2. The lowest BCUT2D eigenvalue weighted by atomic mass is 9.86. The normalized spacial score (nSPS) is 15.9. The minimum atomic E-state index is -1.03. The lowest BCUT2D eigenvalue weighted by molar-refractivity contribution is -0.148. The first kappa shape index (κ1) is 33.0. The molecular weight excluding hydrogens is 596 g/mol. The maximum atomic E-state index is 13.7. The quantitative estimate of drug-likeness (QED) is 0.218. The number of rotatable bonds is 8. The van der Waals surface area contributed by atoms with Crippen molar-refractivity contribution in [1.29, 1.82) is 0 Å². The zero-order valence-electron chi connectivity index (χ0n) is 27.3. The molecule has 0 unspecified atom stereocenters. The molecule has 1 saturated heterocycles. The molecule has 0 spiro atoms. The fourth-order valence-electron chi connectivity index (χ4n) is 5.59. The fraction of sp³-hybridized carbons (Fsp3) is 0.378. The molecule has 0 bridgehead atoms. The lowest BCUT2D eigenvalue weighted by Gasteiger charge is -2.27. The first-order valence-corrected chi connectivity index (χ1v) is 16.5. The maximum Gasteiger partial charge on any atom is 0.326 e. The summed E-state index contributed by atoms with van der Waals surface area (Å²) in [5.74, 6) is -1.18. The van der Waals surface area contributed by atoms with Crippen molar-refractivity contribution in [3.05, 3.63) is 93.9 Å². The van der Waals surface area contributed by atoms with Crippen molar-refractivity contribution in [2.75, 3.05) is 6.54 Å². The maximum absolute atomic E-state index is 13.7. The summed E-state index contributed by atoms with van der Waals surface area (Å²) in [4.78, 5) is 51.1. The molecule has 8 nitrogen and oxygen atoms in total. The van der Waals surface area contributed by atoms with Crippen molar-refractivity contribution in [1.82, 2.24) is 20.2 Å². The molecule has 5 rings (SSSR count). The number of carbonyl (C=O) groups excluding carboxylic acids is 2. The van der Waals surface area contributed by atoms with E-state index in [2.05, 4.69) is 81.1 Å². The molecule has 0 saturated carbocycles. The van der Waals surface area contributed by atoms with Crippen molar-refractivity contribution in [2.24, 2.45) is 0 Å². The second-order valence-corrected chi connectivity index (χ2v) is 15.1. The number of benzene rings is 2. The average molecular weight is 639 g/mol. The number of carboxylic acid groups (broad SMARTS) is 1. The van der Waals surface area contributed by atoms with Crippen LogP contribution in [0.1, 0.15) is 80.1 Å². The number of hydrogen-bond donors (Lipinski definition) is 2. The van der Waals surface area contributed by atoms with Gasteiger partial charge in [-0.2, -0.15) is 0 Å². The third-order valence-electron chi connectivity index (χ3n) is 8.38. The number of carbonyl (C=O) groups is 3. The van der Waals surface area contributed by atoms with Gasteiger partial charge in [-0.15, -0.1) is 11.3 Å². The molecule has 2 aromatic heterocycles. The summed E-state index contributed by atoms with van der Waals surface area (Å²) in [7, 11) is 0. The van der Waals surface area contributed by atoms with E-state index in [0.717, 1.165) is 27.1 Å². The van der Waals surface area contributed by atoms with Gasteiger partial charge in [0, 0.05) is 41.4 Å². The second kappa shape index (κ2) is 13.2. The lowest BCUT2D eigenvalue weighted by Crippen LogP contribution is -2.52. The fourth-order valence-corrected chi connectivity index (χ4v) is 6.56. The van der Waals surface area contributed by atoms with Crippen LogP contribution in [-0.4, -0.2) is 56.4 Å². The average Bonchev–Trinajstić information content (AvgIpc) is 3.72. The van der Waals surface area contributed by atoms with E-state index in [-0.39, 0.29) is 29.1 Å². The van der Waals surface area contributed by atoms with Crippen LogP contribution < -0.4 is 5.32 Å². The highest BCUT2D eigenvalue weighted by Crippen LogP contribution is 2.30. The molecule has 1 fully saturated rings. The molecule has 9 heteroatoms. The molecular formula is C37H42N4O4S. The van der Waals surface area contributed by atoms with E-state index >= 15 is 0 Å². The minimum Gasteiger partial charge on any atom is -0.480 e. The number of thiophene rings is 1. The highest BCUT2D eigenvalue weighted by Gasteiger charge is 2.38. The molecule has 4 aromatic rings. The molecule has 3 heterocycles. The molecule has 2 amide bonds. The van der Waals surface area contributed by atoms with Crippen molar-refractivity contribution >= 4 is 29.1 Å². The van der Waals surface area contributed by atoms with Gasteiger partial charge in [0.1, 0.15) is 12.1 Å². The highest BCUT2D eigenvalue weighted by molar-refractivity contribution is 7.14. The molecule has 2 atom stereocenters. The van der Waals surface area contributed by atoms with Crippen LogP contribution in [0.5, 0.6) is 0 Å². The summed E-state index contributed by atoms with van der Waals surface area (Å²) in [6, 6.07) is 17.9. The second-order valence-electron chi connectivity index (χ2n) is 14.0. The van der Waals surface area contributed by atoms with Crippen LogP contribution in [0, 0.1) is 0 Å². The number of aromatic nitrogens is 2.